The predicted molar refractivity (Wildman–Crippen MR) is 92.4 cm³/mol. The number of hydrogen-bond donors (Lipinski definition) is 2. The van der Waals surface area contributed by atoms with Crippen molar-refractivity contribution in [1.29, 1.82) is 0 Å². The first-order valence-corrected chi connectivity index (χ1v) is 7.90. The van der Waals surface area contributed by atoms with Crippen molar-refractivity contribution in [3.05, 3.63) is 42.5 Å². The van der Waals surface area contributed by atoms with E-state index in [9.17, 15) is 5.11 Å². The maximum atomic E-state index is 10.1. The normalized spacial score (nSPS) is 14.8. The average molecular weight is 301 g/mol. The molecule has 0 aliphatic carbocycles. The van der Waals surface area contributed by atoms with Gasteiger partial charge in [0.1, 0.15) is 18.5 Å². The van der Waals surface area contributed by atoms with Crippen LogP contribution in [0.2, 0.25) is 0 Å². The molecule has 0 saturated carbocycles. The van der Waals surface area contributed by atoms with Gasteiger partial charge in [0, 0.05) is 18.0 Å². The summed E-state index contributed by atoms with van der Waals surface area (Å²) in [5.74, 6) is 0.820. The third kappa shape index (κ3) is 4.46. The Morgan fingerprint density at radius 1 is 1.09 bits per heavy atom. The van der Waals surface area contributed by atoms with E-state index >= 15 is 0 Å². The molecule has 2 rings (SSSR count). The Labute approximate surface area is 133 Å². The molecule has 2 atom stereocenters. The summed E-state index contributed by atoms with van der Waals surface area (Å²) >= 11 is 0. The lowest BCUT2D eigenvalue weighted by molar-refractivity contribution is 0.0993. The molecule has 0 heterocycles. The first-order valence-electron chi connectivity index (χ1n) is 7.90. The van der Waals surface area contributed by atoms with Crippen LogP contribution in [0.3, 0.4) is 0 Å². The summed E-state index contributed by atoms with van der Waals surface area (Å²) < 4.78 is 5.81. The van der Waals surface area contributed by atoms with Crippen LogP contribution >= 0.6 is 0 Å². The summed E-state index contributed by atoms with van der Waals surface area (Å²) in [4.78, 5) is 0. The molecule has 0 fully saturated rings. The number of aliphatic hydroxyl groups excluding tert-OH is 1. The van der Waals surface area contributed by atoms with Crippen molar-refractivity contribution in [3.63, 3.8) is 0 Å². The lowest BCUT2D eigenvalue weighted by Crippen LogP contribution is -2.42. The number of aliphatic hydroxyl groups is 1. The van der Waals surface area contributed by atoms with Gasteiger partial charge in [-0.3, -0.25) is 0 Å². The van der Waals surface area contributed by atoms with Crippen LogP contribution in [0.1, 0.15) is 27.7 Å². The molecule has 2 aromatic carbocycles. The van der Waals surface area contributed by atoms with Crippen molar-refractivity contribution < 1.29 is 9.84 Å². The molecule has 2 N–H and O–H groups in total. The maximum absolute atomic E-state index is 10.1. The summed E-state index contributed by atoms with van der Waals surface area (Å²) in [6.45, 7) is 9.51. The van der Waals surface area contributed by atoms with Gasteiger partial charge in [-0.1, -0.05) is 57.2 Å². The lowest BCUT2D eigenvalue weighted by atomic mass is 9.88. The van der Waals surface area contributed by atoms with Crippen LogP contribution in [0.25, 0.3) is 10.8 Å². The van der Waals surface area contributed by atoms with Crippen LogP contribution in [0, 0.1) is 5.41 Å². The molecule has 0 aromatic heterocycles. The van der Waals surface area contributed by atoms with Gasteiger partial charge >= 0.3 is 0 Å². The van der Waals surface area contributed by atoms with Crippen LogP contribution in [0.5, 0.6) is 5.75 Å². The van der Waals surface area contributed by atoms with Crippen LogP contribution < -0.4 is 10.1 Å². The van der Waals surface area contributed by atoms with Crippen molar-refractivity contribution in [2.75, 3.05) is 13.2 Å². The standard InChI is InChI=1S/C19H27NO2/c1-14(19(2,3)4)20-12-16(21)13-22-18-11-7-9-15-8-5-6-10-17(15)18/h5-11,14,16,20-21H,12-13H2,1-4H3. The molecule has 0 amide bonds. The van der Waals surface area contributed by atoms with E-state index in [0.29, 0.717) is 12.6 Å². The van der Waals surface area contributed by atoms with E-state index in [4.69, 9.17) is 4.74 Å². The van der Waals surface area contributed by atoms with E-state index in [0.717, 1.165) is 16.5 Å². The van der Waals surface area contributed by atoms with E-state index < -0.39 is 6.10 Å². The second-order valence-corrected chi connectivity index (χ2v) is 6.94. The molecular weight excluding hydrogens is 274 g/mol. The van der Waals surface area contributed by atoms with Crippen molar-refractivity contribution in [3.8, 4) is 5.75 Å². The third-order valence-corrected chi connectivity index (χ3v) is 4.14. The Morgan fingerprint density at radius 2 is 1.77 bits per heavy atom. The zero-order valence-electron chi connectivity index (χ0n) is 14.0. The van der Waals surface area contributed by atoms with Gasteiger partial charge in [0.25, 0.3) is 0 Å². The first kappa shape index (κ1) is 16.8. The third-order valence-electron chi connectivity index (χ3n) is 4.14. The highest BCUT2D eigenvalue weighted by atomic mass is 16.5. The summed E-state index contributed by atoms with van der Waals surface area (Å²) in [7, 11) is 0. The highest BCUT2D eigenvalue weighted by Crippen LogP contribution is 2.25. The highest BCUT2D eigenvalue weighted by molar-refractivity contribution is 5.88. The zero-order chi connectivity index (χ0) is 16.2. The van der Waals surface area contributed by atoms with E-state index in [1.165, 1.54) is 0 Å². The fraction of sp³-hybridized carbons (Fsp3) is 0.474. The molecule has 120 valence electrons. The summed E-state index contributed by atoms with van der Waals surface area (Å²) in [6, 6.07) is 14.4. The van der Waals surface area contributed by atoms with Gasteiger partial charge in [0.2, 0.25) is 0 Å². The van der Waals surface area contributed by atoms with E-state index in [1.54, 1.807) is 0 Å². The molecule has 3 nitrogen and oxygen atoms in total. The van der Waals surface area contributed by atoms with Gasteiger partial charge in [-0.2, -0.15) is 0 Å². The second kappa shape index (κ2) is 7.12. The number of rotatable bonds is 6. The van der Waals surface area contributed by atoms with Crippen LogP contribution in [-0.2, 0) is 0 Å². The van der Waals surface area contributed by atoms with E-state index in [-0.39, 0.29) is 12.0 Å². The number of benzene rings is 2. The molecule has 2 aromatic rings. The zero-order valence-corrected chi connectivity index (χ0v) is 14.0. The second-order valence-electron chi connectivity index (χ2n) is 6.94. The Balaban J connectivity index is 1.89. The molecular formula is C19H27NO2. The number of nitrogens with one attached hydrogen (secondary N) is 1. The number of hydrogen-bond acceptors (Lipinski definition) is 3. The molecule has 0 aliphatic heterocycles. The highest BCUT2D eigenvalue weighted by Gasteiger charge is 2.20. The van der Waals surface area contributed by atoms with Crippen LogP contribution in [-0.4, -0.2) is 30.4 Å². The summed E-state index contributed by atoms with van der Waals surface area (Å²) in [5, 5.41) is 15.7. The summed E-state index contributed by atoms with van der Waals surface area (Å²) in [6.07, 6.45) is -0.524. The molecule has 0 saturated heterocycles. The van der Waals surface area contributed by atoms with Crippen molar-refractivity contribution in [1.82, 2.24) is 5.32 Å². The van der Waals surface area contributed by atoms with Crippen molar-refractivity contribution in [2.24, 2.45) is 5.41 Å². The molecule has 22 heavy (non-hydrogen) atoms. The van der Waals surface area contributed by atoms with Gasteiger partial charge in [-0.25, -0.2) is 0 Å². The molecule has 0 radical (unpaired) electrons. The first-order chi connectivity index (χ1) is 10.4. The van der Waals surface area contributed by atoms with Gasteiger partial charge in [-0.05, 0) is 23.8 Å². The molecule has 0 aliphatic rings. The smallest absolute Gasteiger partial charge is 0.127 e. The van der Waals surface area contributed by atoms with E-state index in [2.05, 4.69) is 45.1 Å². The van der Waals surface area contributed by atoms with Gasteiger partial charge in [-0.15, -0.1) is 0 Å². The van der Waals surface area contributed by atoms with Crippen molar-refractivity contribution >= 4 is 10.8 Å². The Bertz CT molecular complexity index is 598. The molecule has 3 heteroatoms. The van der Waals surface area contributed by atoms with Gasteiger partial charge in [0.05, 0.1) is 0 Å². The quantitative estimate of drug-likeness (QED) is 0.856. The topological polar surface area (TPSA) is 41.5 Å². The minimum atomic E-state index is -0.524. The minimum absolute atomic E-state index is 0.177. The molecule has 2 unspecified atom stereocenters. The van der Waals surface area contributed by atoms with Crippen LogP contribution in [0.4, 0.5) is 0 Å². The monoisotopic (exact) mass is 301 g/mol. The number of ether oxygens (including phenoxy) is 1. The Kier molecular flexibility index (Phi) is 5.43. The molecule has 0 spiro atoms. The maximum Gasteiger partial charge on any atom is 0.127 e. The largest absolute Gasteiger partial charge is 0.490 e. The van der Waals surface area contributed by atoms with Gasteiger partial charge in [0.15, 0.2) is 0 Å². The van der Waals surface area contributed by atoms with Gasteiger partial charge < -0.3 is 15.2 Å². The predicted octanol–water partition coefficient (Wildman–Crippen LogP) is 3.60. The minimum Gasteiger partial charge on any atom is -0.490 e. The van der Waals surface area contributed by atoms with Crippen molar-refractivity contribution in [2.45, 2.75) is 39.8 Å². The Hall–Kier alpha value is -1.58. The average Bonchev–Trinajstić information content (AvgIpc) is 2.49. The van der Waals surface area contributed by atoms with Crippen LogP contribution in [0.15, 0.2) is 42.5 Å². The van der Waals surface area contributed by atoms with E-state index in [1.807, 2.05) is 30.3 Å². The fourth-order valence-corrected chi connectivity index (χ4v) is 2.19. The fourth-order valence-electron chi connectivity index (χ4n) is 2.19. The summed E-state index contributed by atoms with van der Waals surface area (Å²) in [5.41, 5.74) is 0.177. The number of fused-ring (bicyclic) bond motifs is 1. The Morgan fingerprint density at radius 3 is 2.50 bits per heavy atom. The SMILES string of the molecule is CC(NCC(O)COc1cccc2ccccc12)C(C)(C)C. The molecule has 0 bridgehead atoms. The lowest BCUT2D eigenvalue weighted by Gasteiger charge is -2.29.